The Bertz CT molecular complexity index is 1280. The van der Waals surface area contributed by atoms with Crippen LogP contribution in [-0.4, -0.2) is 59.3 Å². The van der Waals surface area contributed by atoms with E-state index in [-0.39, 0.29) is 11.9 Å². The second-order valence-corrected chi connectivity index (χ2v) is 8.17. The number of carbonyl (C=O) groups is 1. The summed E-state index contributed by atoms with van der Waals surface area (Å²) in [7, 11) is 9.31. The lowest BCUT2D eigenvalue weighted by Gasteiger charge is -2.23. The summed E-state index contributed by atoms with van der Waals surface area (Å²) in [5.41, 5.74) is 2.84. The van der Waals surface area contributed by atoms with Gasteiger partial charge < -0.3 is 28.4 Å². The molecule has 9 heteroatoms. The molecule has 0 aliphatic carbocycles. The van der Waals surface area contributed by atoms with Crippen LogP contribution in [0.1, 0.15) is 33.9 Å². The minimum atomic E-state index is -0.347. The highest BCUT2D eigenvalue weighted by molar-refractivity contribution is 6.05. The summed E-state index contributed by atoms with van der Waals surface area (Å²) in [6, 6.07) is 16.1. The van der Waals surface area contributed by atoms with E-state index in [1.54, 1.807) is 33.5 Å². The standard InChI is InChI=1S/C28H30N2O7/c1-32-20-10-7-17(8-11-20)22-16-21(18-9-12-23(33-2)24(13-18)34-3)29-30(22)28(31)19-14-25(35-4)27(37-6)26(15-19)36-5/h7-15,22H,16H2,1-6H3. The zero-order valence-corrected chi connectivity index (χ0v) is 21.7. The van der Waals surface area contributed by atoms with Gasteiger partial charge in [0.25, 0.3) is 5.91 Å². The number of nitrogens with zero attached hydrogens (tertiary/aromatic N) is 2. The van der Waals surface area contributed by atoms with E-state index in [1.807, 2.05) is 42.5 Å². The molecule has 1 atom stereocenters. The fourth-order valence-corrected chi connectivity index (χ4v) is 4.31. The van der Waals surface area contributed by atoms with Crippen LogP contribution in [-0.2, 0) is 0 Å². The molecule has 1 amide bonds. The average molecular weight is 507 g/mol. The topological polar surface area (TPSA) is 88.1 Å². The number of methoxy groups -OCH3 is 6. The number of ether oxygens (including phenoxy) is 6. The summed E-state index contributed by atoms with van der Waals surface area (Å²) in [6.07, 6.45) is 0.498. The number of rotatable bonds is 9. The highest BCUT2D eigenvalue weighted by Gasteiger charge is 2.35. The number of hydrogen-bond donors (Lipinski definition) is 0. The zero-order chi connectivity index (χ0) is 26.5. The Labute approximate surface area is 216 Å². The largest absolute Gasteiger partial charge is 0.497 e. The summed E-state index contributed by atoms with van der Waals surface area (Å²) in [5.74, 6) is 2.79. The Balaban J connectivity index is 1.79. The van der Waals surface area contributed by atoms with Gasteiger partial charge in [0.05, 0.1) is 54.4 Å². The van der Waals surface area contributed by atoms with Crippen molar-refractivity contribution in [2.75, 3.05) is 42.7 Å². The second-order valence-electron chi connectivity index (χ2n) is 8.17. The van der Waals surface area contributed by atoms with E-state index in [9.17, 15) is 4.79 Å². The fourth-order valence-electron chi connectivity index (χ4n) is 4.31. The molecule has 0 N–H and O–H groups in total. The van der Waals surface area contributed by atoms with Gasteiger partial charge in [0.2, 0.25) is 5.75 Å². The minimum absolute atomic E-state index is 0.310. The van der Waals surface area contributed by atoms with Crippen LogP contribution in [0.2, 0.25) is 0 Å². The Kier molecular flexibility index (Phi) is 7.71. The van der Waals surface area contributed by atoms with Crippen LogP contribution in [0.4, 0.5) is 0 Å². The molecule has 9 nitrogen and oxygen atoms in total. The van der Waals surface area contributed by atoms with E-state index in [0.717, 1.165) is 22.6 Å². The first-order valence-electron chi connectivity index (χ1n) is 11.5. The van der Waals surface area contributed by atoms with Crippen LogP contribution in [0.15, 0.2) is 59.7 Å². The molecule has 0 bridgehead atoms. The molecule has 0 radical (unpaired) electrons. The van der Waals surface area contributed by atoms with E-state index in [1.165, 1.54) is 26.3 Å². The van der Waals surface area contributed by atoms with Gasteiger partial charge in [0.15, 0.2) is 23.0 Å². The molecule has 1 unspecified atom stereocenters. The first-order valence-corrected chi connectivity index (χ1v) is 11.5. The molecule has 0 saturated heterocycles. The molecule has 37 heavy (non-hydrogen) atoms. The first-order chi connectivity index (χ1) is 18.0. The molecule has 0 spiro atoms. The number of carbonyl (C=O) groups excluding carboxylic acids is 1. The van der Waals surface area contributed by atoms with E-state index in [2.05, 4.69) is 0 Å². The van der Waals surface area contributed by atoms with Crippen molar-refractivity contribution in [3.05, 3.63) is 71.3 Å². The number of amides is 1. The molecule has 194 valence electrons. The summed E-state index contributed by atoms with van der Waals surface area (Å²) in [4.78, 5) is 13.9. The highest BCUT2D eigenvalue weighted by Crippen LogP contribution is 2.41. The zero-order valence-electron chi connectivity index (χ0n) is 21.7. The molecule has 3 aromatic carbocycles. The first kappa shape index (κ1) is 25.7. The van der Waals surface area contributed by atoms with Crippen molar-refractivity contribution in [3.8, 4) is 34.5 Å². The minimum Gasteiger partial charge on any atom is -0.497 e. The molecule has 0 aromatic heterocycles. The van der Waals surface area contributed by atoms with Gasteiger partial charge in [0.1, 0.15) is 5.75 Å². The average Bonchev–Trinajstić information content (AvgIpc) is 3.41. The molecule has 3 aromatic rings. The van der Waals surface area contributed by atoms with Crippen molar-refractivity contribution >= 4 is 11.6 Å². The third-order valence-electron chi connectivity index (χ3n) is 6.25. The predicted molar refractivity (Wildman–Crippen MR) is 139 cm³/mol. The SMILES string of the molecule is COc1ccc(C2CC(c3ccc(OC)c(OC)c3)=NN2C(=O)c2cc(OC)c(OC)c(OC)c2)cc1. The lowest BCUT2D eigenvalue weighted by atomic mass is 9.97. The fraction of sp³-hybridized carbons (Fsp3) is 0.286. The summed E-state index contributed by atoms with van der Waals surface area (Å²) >= 11 is 0. The third-order valence-corrected chi connectivity index (χ3v) is 6.25. The monoisotopic (exact) mass is 506 g/mol. The van der Waals surface area contributed by atoms with Gasteiger partial charge in [-0.15, -0.1) is 0 Å². The Morgan fingerprint density at radius 3 is 1.89 bits per heavy atom. The van der Waals surface area contributed by atoms with Crippen LogP contribution in [0.25, 0.3) is 0 Å². The molecule has 0 saturated carbocycles. The smallest absolute Gasteiger partial charge is 0.274 e. The van der Waals surface area contributed by atoms with Crippen molar-refractivity contribution < 1.29 is 33.2 Å². The van der Waals surface area contributed by atoms with Gasteiger partial charge in [-0.2, -0.15) is 5.10 Å². The summed E-state index contributed by atoms with van der Waals surface area (Å²) < 4.78 is 32.5. The van der Waals surface area contributed by atoms with Gasteiger partial charge in [0, 0.05) is 17.5 Å². The van der Waals surface area contributed by atoms with Crippen molar-refractivity contribution in [1.29, 1.82) is 0 Å². The maximum atomic E-state index is 13.9. The summed E-state index contributed by atoms with van der Waals surface area (Å²) in [5, 5.41) is 6.27. The van der Waals surface area contributed by atoms with Gasteiger partial charge in [-0.1, -0.05) is 12.1 Å². The van der Waals surface area contributed by atoms with Crippen LogP contribution < -0.4 is 28.4 Å². The lowest BCUT2D eigenvalue weighted by Crippen LogP contribution is -2.27. The molecule has 4 rings (SSSR count). The molecular weight excluding hydrogens is 476 g/mol. The maximum absolute atomic E-state index is 13.9. The Morgan fingerprint density at radius 1 is 0.730 bits per heavy atom. The van der Waals surface area contributed by atoms with E-state index < -0.39 is 0 Å². The third kappa shape index (κ3) is 4.97. The van der Waals surface area contributed by atoms with Crippen LogP contribution in [0.5, 0.6) is 34.5 Å². The van der Waals surface area contributed by atoms with Crippen molar-refractivity contribution in [2.45, 2.75) is 12.5 Å². The van der Waals surface area contributed by atoms with Crippen molar-refractivity contribution in [2.24, 2.45) is 5.10 Å². The van der Waals surface area contributed by atoms with Gasteiger partial charge in [-0.3, -0.25) is 4.79 Å². The molecule has 0 fully saturated rings. The molecule has 1 heterocycles. The molecule has 1 aliphatic rings. The highest BCUT2D eigenvalue weighted by atomic mass is 16.5. The molecule has 1 aliphatic heterocycles. The lowest BCUT2D eigenvalue weighted by molar-refractivity contribution is 0.0710. The van der Waals surface area contributed by atoms with Crippen LogP contribution in [0.3, 0.4) is 0 Å². The number of hydrogen-bond acceptors (Lipinski definition) is 8. The number of hydrazone groups is 1. The second kappa shape index (κ2) is 11.1. The Morgan fingerprint density at radius 2 is 1.35 bits per heavy atom. The van der Waals surface area contributed by atoms with E-state index in [0.29, 0.717) is 40.7 Å². The van der Waals surface area contributed by atoms with Crippen molar-refractivity contribution in [1.82, 2.24) is 5.01 Å². The maximum Gasteiger partial charge on any atom is 0.274 e. The Hall–Kier alpha value is -4.40. The van der Waals surface area contributed by atoms with E-state index >= 15 is 0 Å². The summed E-state index contributed by atoms with van der Waals surface area (Å²) in [6.45, 7) is 0. The van der Waals surface area contributed by atoms with Crippen LogP contribution >= 0.6 is 0 Å². The number of benzene rings is 3. The van der Waals surface area contributed by atoms with Crippen LogP contribution in [0, 0.1) is 0 Å². The van der Waals surface area contributed by atoms with E-state index in [4.69, 9.17) is 33.5 Å². The van der Waals surface area contributed by atoms with Gasteiger partial charge in [-0.25, -0.2) is 5.01 Å². The quantitative estimate of drug-likeness (QED) is 0.415. The molecular formula is C28H30N2O7. The van der Waals surface area contributed by atoms with Gasteiger partial charge in [-0.05, 0) is 48.0 Å². The van der Waals surface area contributed by atoms with Gasteiger partial charge >= 0.3 is 0 Å². The predicted octanol–water partition coefficient (Wildman–Crippen LogP) is 4.73. The van der Waals surface area contributed by atoms with Crippen molar-refractivity contribution in [3.63, 3.8) is 0 Å². The normalized spacial score (nSPS) is 14.6.